The Bertz CT molecular complexity index is 438. The molecule has 0 saturated carbocycles. The number of hydrogen-bond donors (Lipinski definition) is 2. The Morgan fingerprint density at radius 2 is 2.12 bits per heavy atom. The maximum Gasteiger partial charge on any atom is 0.138 e. The molecule has 0 aliphatic carbocycles. The van der Waals surface area contributed by atoms with Crippen molar-refractivity contribution in [3.63, 3.8) is 0 Å². The molecule has 0 fully saturated rings. The summed E-state index contributed by atoms with van der Waals surface area (Å²) in [6, 6.07) is 8.91. The first-order valence-electron chi connectivity index (χ1n) is 5.51. The van der Waals surface area contributed by atoms with Crippen LogP contribution in [0.25, 0.3) is 0 Å². The van der Waals surface area contributed by atoms with Crippen LogP contribution in [0.4, 0.5) is 0 Å². The smallest absolute Gasteiger partial charge is 0.138 e. The van der Waals surface area contributed by atoms with Crippen molar-refractivity contribution in [3.8, 4) is 0 Å². The van der Waals surface area contributed by atoms with Gasteiger partial charge in [0.25, 0.3) is 0 Å². The van der Waals surface area contributed by atoms with Gasteiger partial charge >= 0.3 is 0 Å². The second-order valence-corrected chi connectivity index (χ2v) is 4.69. The van der Waals surface area contributed by atoms with E-state index in [1.54, 1.807) is 11.8 Å². The van der Waals surface area contributed by atoms with Crippen LogP contribution in [0.2, 0.25) is 0 Å². The van der Waals surface area contributed by atoms with Gasteiger partial charge in [-0.05, 0) is 30.9 Å². The fourth-order valence-corrected chi connectivity index (χ4v) is 1.98. The molecule has 2 rings (SSSR count). The molecule has 0 spiro atoms. The molecule has 1 atom stereocenters. The molecule has 0 bridgehead atoms. The van der Waals surface area contributed by atoms with Gasteiger partial charge in [0.05, 0.1) is 6.54 Å². The van der Waals surface area contributed by atoms with Gasteiger partial charge in [-0.2, -0.15) is 5.10 Å². The Hall–Kier alpha value is -1.33. The zero-order valence-corrected chi connectivity index (χ0v) is 10.8. The van der Waals surface area contributed by atoms with E-state index in [0.717, 1.165) is 5.82 Å². The third kappa shape index (κ3) is 3.31. The van der Waals surface area contributed by atoms with Gasteiger partial charge in [0, 0.05) is 10.9 Å². The van der Waals surface area contributed by atoms with Crippen LogP contribution in [0, 0.1) is 0 Å². The lowest BCUT2D eigenvalue weighted by atomic mass is 10.1. The minimum Gasteiger partial charge on any atom is -0.303 e. The van der Waals surface area contributed by atoms with Gasteiger partial charge < -0.3 is 5.32 Å². The lowest BCUT2D eigenvalue weighted by molar-refractivity contribution is 0.560. The van der Waals surface area contributed by atoms with Crippen LogP contribution >= 0.6 is 11.8 Å². The number of benzene rings is 1. The van der Waals surface area contributed by atoms with Crippen LogP contribution in [0.5, 0.6) is 0 Å². The summed E-state index contributed by atoms with van der Waals surface area (Å²) in [7, 11) is 0. The molecule has 0 radical (unpaired) electrons. The highest BCUT2D eigenvalue weighted by Crippen LogP contribution is 2.18. The van der Waals surface area contributed by atoms with Crippen LogP contribution in [0.1, 0.15) is 24.4 Å². The van der Waals surface area contributed by atoms with E-state index in [-0.39, 0.29) is 0 Å². The highest BCUT2D eigenvalue weighted by Gasteiger charge is 2.05. The van der Waals surface area contributed by atoms with E-state index in [1.807, 2.05) is 0 Å². The van der Waals surface area contributed by atoms with E-state index < -0.39 is 0 Å². The van der Waals surface area contributed by atoms with Crippen molar-refractivity contribution >= 4 is 11.8 Å². The van der Waals surface area contributed by atoms with Gasteiger partial charge in [0.1, 0.15) is 12.2 Å². The summed E-state index contributed by atoms with van der Waals surface area (Å²) in [6.45, 7) is 2.84. The quantitative estimate of drug-likeness (QED) is 0.798. The number of H-pyrrole nitrogens is 1. The molecule has 90 valence electrons. The first-order valence-corrected chi connectivity index (χ1v) is 6.73. The van der Waals surface area contributed by atoms with Crippen molar-refractivity contribution in [2.75, 3.05) is 6.26 Å². The zero-order valence-electron chi connectivity index (χ0n) is 9.97. The van der Waals surface area contributed by atoms with Crippen molar-refractivity contribution < 1.29 is 0 Å². The topological polar surface area (TPSA) is 53.6 Å². The summed E-state index contributed by atoms with van der Waals surface area (Å²) in [4.78, 5) is 5.36. The summed E-state index contributed by atoms with van der Waals surface area (Å²) < 4.78 is 0. The van der Waals surface area contributed by atoms with E-state index in [1.165, 1.54) is 16.8 Å². The molecule has 4 nitrogen and oxygen atoms in total. The van der Waals surface area contributed by atoms with Crippen molar-refractivity contribution in [3.05, 3.63) is 42.0 Å². The van der Waals surface area contributed by atoms with Crippen molar-refractivity contribution in [1.82, 2.24) is 20.5 Å². The summed E-state index contributed by atoms with van der Waals surface area (Å²) in [5.41, 5.74) is 1.28. The Balaban J connectivity index is 1.92. The predicted octanol–water partition coefficient (Wildman–Crippen LogP) is 2.38. The second-order valence-electron chi connectivity index (χ2n) is 3.81. The van der Waals surface area contributed by atoms with E-state index in [9.17, 15) is 0 Å². The van der Waals surface area contributed by atoms with Gasteiger partial charge in [-0.3, -0.25) is 5.10 Å². The molecule has 0 amide bonds. The zero-order chi connectivity index (χ0) is 12.1. The summed E-state index contributed by atoms with van der Waals surface area (Å²) in [5.74, 6) is 0.859. The fraction of sp³-hybridized carbons (Fsp3) is 0.333. The molecule has 0 saturated heterocycles. The van der Waals surface area contributed by atoms with E-state index in [4.69, 9.17) is 0 Å². The standard InChI is InChI=1S/C12H16N4S/c1-9(13-7-12-14-8-15-16-12)10-3-5-11(17-2)6-4-10/h3-6,8-9,13H,7H2,1-2H3,(H,14,15,16). The largest absolute Gasteiger partial charge is 0.303 e. The molecule has 17 heavy (non-hydrogen) atoms. The van der Waals surface area contributed by atoms with E-state index in [0.29, 0.717) is 12.6 Å². The number of aromatic nitrogens is 3. The van der Waals surface area contributed by atoms with Gasteiger partial charge in [-0.15, -0.1) is 11.8 Å². The predicted molar refractivity (Wildman–Crippen MR) is 69.9 cm³/mol. The Morgan fingerprint density at radius 1 is 1.35 bits per heavy atom. The second kappa shape index (κ2) is 5.84. The van der Waals surface area contributed by atoms with Gasteiger partial charge in [0.15, 0.2) is 0 Å². The van der Waals surface area contributed by atoms with E-state index >= 15 is 0 Å². The average molecular weight is 248 g/mol. The highest BCUT2D eigenvalue weighted by atomic mass is 32.2. The van der Waals surface area contributed by atoms with Gasteiger partial charge in [-0.1, -0.05) is 12.1 Å². The van der Waals surface area contributed by atoms with Crippen molar-refractivity contribution in [2.24, 2.45) is 0 Å². The third-order valence-corrected chi connectivity index (χ3v) is 3.40. The maximum absolute atomic E-state index is 4.08. The summed E-state index contributed by atoms with van der Waals surface area (Å²) >= 11 is 1.76. The lowest BCUT2D eigenvalue weighted by Gasteiger charge is -2.13. The number of nitrogens with one attached hydrogen (secondary N) is 2. The molecule has 2 aromatic rings. The number of nitrogens with zero attached hydrogens (tertiary/aromatic N) is 2. The molecule has 1 heterocycles. The Morgan fingerprint density at radius 3 is 2.71 bits per heavy atom. The van der Waals surface area contributed by atoms with Gasteiger partial charge in [-0.25, -0.2) is 4.98 Å². The maximum atomic E-state index is 4.08. The van der Waals surface area contributed by atoms with Crippen LogP contribution in [-0.4, -0.2) is 21.4 Å². The molecular weight excluding hydrogens is 232 g/mol. The van der Waals surface area contributed by atoms with Crippen LogP contribution in [-0.2, 0) is 6.54 Å². The number of hydrogen-bond acceptors (Lipinski definition) is 4. The minimum absolute atomic E-state index is 0.302. The summed E-state index contributed by atoms with van der Waals surface area (Å²) in [5, 5.41) is 10.1. The summed E-state index contributed by atoms with van der Waals surface area (Å²) in [6.07, 6.45) is 3.61. The monoisotopic (exact) mass is 248 g/mol. The highest BCUT2D eigenvalue weighted by molar-refractivity contribution is 7.98. The average Bonchev–Trinajstić information content (AvgIpc) is 2.89. The number of rotatable bonds is 5. The molecule has 1 aromatic heterocycles. The molecule has 1 aromatic carbocycles. The van der Waals surface area contributed by atoms with E-state index in [2.05, 4.69) is 57.9 Å². The third-order valence-electron chi connectivity index (χ3n) is 2.66. The first-order chi connectivity index (χ1) is 8.29. The molecule has 1 unspecified atom stereocenters. The SMILES string of the molecule is CSc1ccc(C(C)NCc2ncn[nH]2)cc1. The van der Waals surface area contributed by atoms with Crippen LogP contribution < -0.4 is 5.32 Å². The molecule has 2 N–H and O–H groups in total. The Labute approximate surface area is 105 Å². The number of thioether (sulfide) groups is 1. The molecular formula is C12H16N4S. The fourth-order valence-electron chi connectivity index (χ4n) is 1.58. The van der Waals surface area contributed by atoms with Crippen LogP contribution in [0.15, 0.2) is 35.5 Å². The normalized spacial score (nSPS) is 12.6. The minimum atomic E-state index is 0.302. The molecule has 0 aliphatic heterocycles. The Kier molecular flexibility index (Phi) is 4.17. The van der Waals surface area contributed by atoms with Gasteiger partial charge in [0.2, 0.25) is 0 Å². The van der Waals surface area contributed by atoms with Crippen molar-refractivity contribution in [1.29, 1.82) is 0 Å². The lowest BCUT2D eigenvalue weighted by Crippen LogP contribution is -2.18. The van der Waals surface area contributed by atoms with Crippen molar-refractivity contribution in [2.45, 2.75) is 24.4 Å². The van der Waals surface area contributed by atoms with Crippen LogP contribution in [0.3, 0.4) is 0 Å². The first kappa shape index (κ1) is 12.1. The molecule has 0 aliphatic rings. The molecule has 5 heteroatoms. The number of aromatic amines is 1.